The van der Waals surface area contributed by atoms with Crippen molar-refractivity contribution in [2.24, 2.45) is 0 Å². The number of urea groups is 1. The lowest BCUT2D eigenvalue weighted by Gasteiger charge is -2.14. The van der Waals surface area contributed by atoms with Crippen molar-refractivity contribution in [2.75, 3.05) is 10.6 Å². The van der Waals surface area contributed by atoms with Crippen molar-refractivity contribution in [2.45, 2.75) is 26.3 Å². The zero-order chi connectivity index (χ0) is 26.3. The first-order valence-corrected chi connectivity index (χ1v) is 14.2. The second kappa shape index (κ2) is 9.25. The average molecular weight is 565 g/mol. The summed E-state index contributed by atoms with van der Waals surface area (Å²) in [4.78, 5) is 10.8. The number of phenolic OH excluding ortho intramolecular Hbond substituents is 1. The number of benzene rings is 3. The van der Waals surface area contributed by atoms with Gasteiger partial charge in [0.2, 0.25) is 0 Å². The molecule has 35 heavy (non-hydrogen) atoms. The Hall–Kier alpha value is -2.95. The summed E-state index contributed by atoms with van der Waals surface area (Å²) in [7, 11) is -13.5. The van der Waals surface area contributed by atoms with Gasteiger partial charge in [0.05, 0.1) is 15.5 Å². The van der Waals surface area contributed by atoms with Crippen LogP contribution < -0.4 is 10.6 Å². The number of halogens is 1. The Morgan fingerprint density at radius 3 is 1.97 bits per heavy atom. The number of fused-ring (bicyclic) bond motifs is 1. The van der Waals surface area contributed by atoms with Gasteiger partial charge in [0.25, 0.3) is 20.2 Å². The lowest BCUT2D eigenvalue weighted by Crippen LogP contribution is -2.20. The summed E-state index contributed by atoms with van der Waals surface area (Å²) in [5.74, 6) is -0.819. The Labute approximate surface area is 205 Å². The van der Waals surface area contributed by atoms with Crippen molar-refractivity contribution >= 4 is 69.9 Å². The second-order valence-electron chi connectivity index (χ2n) is 7.12. The van der Waals surface area contributed by atoms with Crippen molar-refractivity contribution in [3.63, 3.8) is 0 Å². The van der Waals surface area contributed by atoms with Crippen LogP contribution in [0.5, 0.6) is 5.75 Å². The molecule has 0 saturated carbocycles. The van der Waals surface area contributed by atoms with Crippen LogP contribution in [0.4, 0.5) is 16.2 Å². The molecule has 188 valence electrons. The molecule has 2 amide bonds. The van der Waals surface area contributed by atoms with E-state index in [1.54, 1.807) is 0 Å². The Morgan fingerprint density at radius 1 is 0.857 bits per heavy atom. The SMILES string of the molecule is CC(Cl)S(=O)(=O)c1ccc(NC(=O)Nc2ccc(S(=O)(=O)O)c3cc(S(=O)(=O)O)cc(O)c23)cc1. The van der Waals surface area contributed by atoms with Gasteiger partial charge in [0.1, 0.15) is 15.4 Å². The number of alkyl halides is 1. The molecule has 1 unspecified atom stereocenters. The number of aromatic hydroxyl groups is 1. The standard InChI is InChI=1S/C19H17ClN2O10S3/c1-10(20)33(25,26)12-4-2-11(3-5-12)21-19(24)22-15-6-7-17(35(30,31)32)14-8-13(34(27,28)29)9-16(23)18(14)15/h2-10,23H,1H3,(H2,21,22,24)(H,27,28,29)(H,30,31,32). The van der Waals surface area contributed by atoms with Gasteiger partial charge >= 0.3 is 6.03 Å². The van der Waals surface area contributed by atoms with Crippen LogP contribution >= 0.6 is 11.6 Å². The highest BCUT2D eigenvalue weighted by molar-refractivity contribution is 7.93. The number of hydrogen-bond acceptors (Lipinski definition) is 8. The van der Waals surface area contributed by atoms with E-state index in [0.717, 1.165) is 12.1 Å². The van der Waals surface area contributed by atoms with Gasteiger partial charge in [0, 0.05) is 22.5 Å². The fourth-order valence-corrected chi connectivity index (χ4v) is 5.49. The van der Waals surface area contributed by atoms with E-state index in [2.05, 4.69) is 10.6 Å². The molecule has 0 fully saturated rings. The van der Waals surface area contributed by atoms with Gasteiger partial charge in [-0.1, -0.05) is 0 Å². The first-order valence-electron chi connectivity index (χ1n) is 9.32. The predicted octanol–water partition coefficient (Wildman–Crippen LogP) is 3.04. The fourth-order valence-electron chi connectivity index (χ4n) is 3.09. The van der Waals surface area contributed by atoms with Gasteiger partial charge in [-0.05, 0) is 49.4 Å². The Balaban J connectivity index is 1.99. The van der Waals surface area contributed by atoms with E-state index in [-0.39, 0.29) is 21.7 Å². The van der Waals surface area contributed by atoms with E-state index in [4.69, 9.17) is 11.6 Å². The van der Waals surface area contributed by atoms with E-state index >= 15 is 0 Å². The van der Waals surface area contributed by atoms with Crippen LogP contribution in [-0.4, -0.2) is 50.2 Å². The molecule has 0 aliphatic carbocycles. The molecule has 12 nitrogen and oxygen atoms in total. The number of anilines is 2. The largest absolute Gasteiger partial charge is 0.507 e. The Bertz CT molecular complexity index is 1650. The number of nitrogens with one attached hydrogen (secondary N) is 2. The Kier molecular flexibility index (Phi) is 7.05. The second-order valence-corrected chi connectivity index (χ2v) is 13.1. The topological polar surface area (TPSA) is 204 Å². The monoisotopic (exact) mass is 564 g/mol. The zero-order valence-corrected chi connectivity index (χ0v) is 20.7. The Morgan fingerprint density at radius 2 is 1.46 bits per heavy atom. The summed E-state index contributed by atoms with van der Waals surface area (Å²) in [5.41, 5.74) is -0.0140. The van der Waals surface area contributed by atoms with Crippen LogP contribution in [0.1, 0.15) is 6.92 Å². The summed E-state index contributed by atoms with van der Waals surface area (Å²) in [6.45, 7) is 1.29. The highest BCUT2D eigenvalue weighted by atomic mass is 35.5. The molecule has 3 aromatic carbocycles. The molecule has 0 aliphatic rings. The number of amides is 2. The van der Waals surface area contributed by atoms with E-state index in [1.807, 2.05) is 0 Å². The molecule has 0 bridgehead atoms. The maximum Gasteiger partial charge on any atom is 0.323 e. The highest BCUT2D eigenvalue weighted by Crippen LogP contribution is 2.38. The van der Waals surface area contributed by atoms with Crippen molar-refractivity contribution in [1.29, 1.82) is 0 Å². The molecule has 16 heteroatoms. The fraction of sp³-hybridized carbons (Fsp3) is 0.105. The van der Waals surface area contributed by atoms with Crippen LogP contribution in [0, 0.1) is 0 Å². The molecule has 0 aromatic heterocycles. The van der Waals surface area contributed by atoms with Gasteiger partial charge in [-0.25, -0.2) is 13.2 Å². The first-order chi connectivity index (χ1) is 16.0. The van der Waals surface area contributed by atoms with Crippen molar-refractivity contribution in [3.05, 3.63) is 48.5 Å². The van der Waals surface area contributed by atoms with Gasteiger partial charge < -0.3 is 15.7 Å². The smallest absolute Gasteiger partial charge is 0.323 e. The van der Waals surface area contributed by atoms with Gasteiger partial charge in [0.15, 0.2) is 9.84 Å². The first kappa shape index (κ1) is 26.7. The number of phenols is 1. The minimum absolute atomic E-state index is 0.0719. The van der Waals surface area contributed by atoms with Crippen molar-refractivity contribution in [3.8, 4) is 5.75 Å². The number of hydrogen-bond donors (Lipinski definition) is 5. The molecule has 0 heterocycles. The molecule has 0 radical (unpaired) electrons. The number of rotatable bonds is 6. The predicted molar refractivity (Wildman–Crippen MR) is 127 cm³/mol. The van der Waals surface area contributed by atoms with Crippen LogP contribution in [0.15, 0.2) is 63.2 Å². The van der Waals surface area contributed by atoms with Crippen LogP contribution in [-0.2, 0) is 30.1 Å². The molecule has 1 atom stereocenters. The van der Waals surface area contributed by atoms with E-state index in [0.29, 0.717) is 12.1 Å². The molecular formula is C19H17ClN2O10S3. The molecule has 0 aliphatic heterocycles. The van der Waals surface area contributed by atoms with E-state index < -0.39 is 61.7 Å². The third-order valence-electron chi connectivity index (χ3n) is 4.72. The van der Waals surface area contributed by atoms with Crippen LogP contribution in [0.2, 0.25) is 0 Å². The summed E-state index contributed by atoms with van der Waals surface area (Å²) < 4.78 is 88.2. The molecular weight excluding hydrogens is 548 g/mol. The van der Waals surface area contributed by atoms with E-state index in [1.165, 1.54) is 31.2 Å². The number of carbonyl (C=O) groups is 1. The molecule has 0 saturated heterocycles. The maximum atomic E-state index is 12.5. The molecule has 5 N–H and O–H groups in total. The van der Waals surface area contributed by atoms with Gasteiger partial charge in [-0.15, -0.1) is 11.6 Å². The lowest BCUT2D eigenvalue weighted by molar-refractivity contribution is 0.262. The molecule has 3 aromatic rings. The summed E-state index contributed by atoms with van der Waals surface area (Å²) in [5, 5.41) is 14.2. The lowest BCUT2D eigenvalue weighted by atomic mass is 10.1. The summed E-state index contributed by atoms with van der Waals surface area (Å²) in [6.07, 6.45) is 0. The number of carbonyl (C=O) groups excluding carboxylic acids is 1. The maximum absolute atomic E-state index is 12.5. The quantitative estimate of drug-likeness (QED) is 0.218. The highest BCUT2D eigenvalue weighted by Gasteiger charge is 2.23. The van der Waals surface area contributed by atoms with Crippen LogP contribution in [0.25, 0.3) is 10.8 Å². The van der Waals surface area contributed by atoms with Gasteiger partial charge in [-0.3, -0.25) is 9.11 Å². The number of sulfone groups is 1. The van der Waals surface area contributed by atoms with Crippen LogP contribution in [0.3, 0.4) is 0 Å². The molecule has 3 rings (SSSR count). The molecule has 0 spiro atoms. The van der Waals surface area contributed by atoms with Gasteiger partial charge in [-0.2, -0.15) is 16.8 Å². The van der Waals surface area contributed by atoms with Crippen molar-refractivity contribution < 1.29 is 44.3 Å². The summed E-state index contributed by atoms with van der Waals surface area (Å²) >= 11 is 5.66. The minimum atomic E-state index is -4.90. The average Bonchev–Trinajstić information content (AvgIpc) is 2.72. The third-order valence-corrected chi connectivity index (χ3v) is 8.95. The summed E-state index contributed by atoms with van der Waals surface area (Å²) in [6, 6.07) is 7.36. The third kappa shape index (κ3) is 5.66. The minimum Gasteiger partial charge on any atom is -0.507 e. The normalized spacial score (nSPS) is 13.4. The zero-order valence-electron chi connectivity index (χ0n) is 17.5. The van der Waals surface area contributed by atoms with E-state index in [9.17, 15) is 44.3 Å². The van der Waals surface area contributed by atoms with Crippen molar-refractivity contribution in [1.82, 2.24) is 0 Å².